The molecule has 3 aromatic rings. The lowest BCUT2D eigenvalue weighted by Gasteiger charge is -2.43. The average molecular weight is 418 g/mol. The molecule has 1 atom stereocenters. The first-order valence-corrected chi connectivity index (χ1v) is 11.2. The number of benzene rings is 2. The number of amides is 2. The number of hydrogen-bond acceptors (Lipinski definition) is 3. The molecule has 31 heavy (non-hydrogen) atoms. The van der Waals surface area contributed by atoms with Crippen molar-refractivity contribution >= 4 is 28.3 Å². The molecule has 1 aromatic heterocycles. The van der Waals surface area contributed by atoms with E-state index in [0.717, 1.165) is 51.3 Å². The van der Waals surface area contributed by atoms with Crippen molar-refractivity contribution in [2.75, 3.05) is 56.6 Å². The SMILES string of the molecule is CN(C)C(=O)N1c2ccccc2CCC1CN1CCN(c2cccc3[nH]ccc23)CC1. The zero-order valence-electron chi connectivity index (χ0n) is 18.4. The van der Waals surface area contributed by atoms with E-state index in [1.165, 1.54) is 22.2 Å². The number of para-hydroxylation sites is 1. The molecule has 2 aliphatic rings. The number of H-pyrrole nitrogens is 1. The van der Waals surface area contributed by atoms with E-state index in [9.17, 15) is 4.79 Å². The van der Waals surface area contributed by atoms with Crippen LogP contribution < -0.4 is 9.80 Å². The zero-order chi connectivity index (χ0) is 21.4. The Morgan fingerprint density at radius 1 is 1.00 bits per heavy atom. The summed E-state index contributed by atoms with van der Waals surface area (Å²) >= 11 is 0. The Bertz CT molecular complexity index is 1070. The number of aryl methyl sites for hydroxylation is 1. The molecule has 2 aliphatic heterocycles. The summed E-state index contributed by atoms with van der Waals surface area (Å²) in [5, 5.41) is 1.29. The third-order valence-corrected chi connectivity index (χ3v) is 6.71. The van der Waals surface area contributed by atoms with Crippen LogP contribution in [0.5, 0.6) is 0 Å². The van der Waals surface area contributed by atoms with Crippen LogP contribution in [0.2, 0.25) is 0 Å². The molecule has 6 heteroatoms. The molecule has 1 fully saturated rings. The second-order valence-corrected chi connectivity index (χ2v) is 8.87. The van der Waals surface area contributed by atoms with Gasteiger partial charge < -0.3 is 14.8 Å². The summed E-state index contributed by atoms with van der Waals surface area (Å²) in [7, 11) is 3.69. The third-order valence-electron chi connectivity index (χ3n) is 6.71. The van der Waals surface area contributed by atoms with E-state index in [4.69, 9.17) is 0 Å². The van der Waals surface area contributed by atoms with E-state index in [-0.39, 0.29) is 12.1 Å². The van der Waals surface area contributed by atoms with Gasteiger partial charge in [0.15, 0.2) is 0 Å². The number of piperazine rings is 1. The Hall–Kier alpha value is -2.99. The standard InChI is InChI=1S/C25H31N5O/c1-27(2)25(31)30-20(11-10-19-6-3-4-8-23(19)30)18-28-14-16-29(17-15-28)24-9-5-7-22-21(24)12-13-26-22/h3-9,12-13,20,26H,10-11,14-18H2,1-2H3. The summed E-state index contributed by atoms with van der Waals surface area (Å²) < 4.78 is 0. The monoisotopic (exact) mass is 417 g/mol. The van der Waals surface area contributed by atoms with Crippen molar-refractivity contribution in [2.24, 2.45) is 0 Å². The van der Waals surface area contributed by atoms with Crippen LogP contribution in [0.1, 0.15) is 12.0 Å². The number of carbonyl (C=O) groups excluding carboxylic acids is 1. The van der Waals surface area contributed by atoms with Crippen molar-refractivity contribution in [1.82, 2.24) is 14.8 Å². The fourth-order valence-electron chi connectivity index (χ4n) is 5.07. The number of urea groups is 1. The van der Waals surface area contributed by atoms with Crippen LogP contribution in [0.4, 0.5) is 16.2 Å². The van der Waals surface area contributed by atoms with E-state index in [1.807, 2.05) is 31.3 Å². The van der Waals surface area contributed by atoms with Gasteiger partial charge in [0.2, 0.25) is 0 Å². The maximum absolute atomic E-state index is 13.1. The number of anilines is 2. The Morgan fingerprint density at radius 3 is 2.58 bits per heavy atom. The minimum absolute atomic E-state index is 0.0786. The Kier molecular flexibility index (Phi) is 5.32. The van der Waals surface area contributed by atoms with Crippen LogP contribution in [0.3, 0.4) is 0 Å². The molecule has 1 unspecified atom stereocenters. The molecule has 0 bridgehead atoms. The smallest absolute Gasteiger partial charge is 0.324 e. The second kappa shape index (κ2) is 8.27. The number of hydrogen-bond donors (Lipinski definition) is 1. The summed E-state index contributed by atoms with van der Waals surface area (Å²) in [6.45, 7) is 4.98. The van der Waals surface area contributed by atoms with Crippen LogP contribution in [-0.2, 0) is 6.42 Å². The Balaban J connectivity index is 1.29. The van der Waals surface area contributed by atoms with Crippen molar-refractivity contribution in [1.29, 1.82) is 0 Å². The molecule has 6 nitrogen and oxygen atoms in total. The highest BCUT2D eigenvalue weighted by molar-refractivity contribution is 5.94. The van der Waals surface area contributed by atoms with Crippen molar-refractivity contribution in [3.05, 3.63) is 60.3 Å². The van der Waals surface area contributed by atoms with Gasteiger partial charge >= 0.3 is 6.03 Å². The van der Waals surface area contributed by atoms with Gasteiger partial charge in [0.05, 0.1) is 6.04 Å². The molecule has 5 rings (SSSR count). The molecular formula is C25H31N5O. The molecule has 3 heterocycles. The molecule has 0 aliphatic carbocycles. The van der Waals surface area contributed by atoms with Gasteiger partial charge in [-0.25, -0.2) is 4.79 Å². The van der Waals surface area contributed by atoms with Gasteiger partial charge in [0.1, 0.15) is 0 Å². The van der Waals surface area contributed by atoms with Crippen molar-refractivity contribution < 1.29 is 4.79 Å². The molecule has 0 saturated carbocycles. The Labute approximate surface area is 184 Å². The van der Waals surface area contributed by atoms with E-state index in [1.54, 1.807) is 4.90 Å². The lowest BCUT2D eigenvalue weighted by atomic mass is 9.95. The summed E-state index contributed by atoms with van der Waals surface area (Å²) in [6, 6.07) is 17.3. The maximum atomic E-state index is 13.1. The lowest BCUT2D eigenvalue weighted by molar-refractivity contribution is 0.206. The minimum Gasteiger partial charge on any atom is -0.368 e. The molecular weight excluding hydrogens is 386 g/mol. The minimum atomic E-state index is 0.0786. The van der Waals surface area contributed by atoms with Crippen molar-refractivity contribution in [3.8, 4) is 0 Å². The van der Waals surface area contributed by atoms with E-state index in [0.29, 0.717) is 0 Å². The fraction of sp³-hybridized carbons (Fsp3) is 0.400. The van der Waals surface area contributed by atoms with Crippen LogP contribution in [0.15, 0.2) is 54.7 Å². The van der Waals surface area contributed by atoms with Gasteiger partial charge in [-0.1, -0.05) is 24.3 Å². The van der Waals surface area contributed by atoms with Crippen LogP contribution in [0, 0.1) is 0 Å². The van der Waals surface area contributed by atoms with Crippen LogP contribution in [-0.4, -0.2) is 73.7 Å². The highest BCUT2D eigenvalue weighted by Gasteiger charge is 2.33. The summed E-state index contributed by atoms with van der Waals surface area (Å²) in [6.07, 6.45) is 4.06. The molecule has 1 saturated heterocycles. The molecule has 2 amide bonds. The number of nitrogens with one attached hydrogen (secondary N) is 1. The highest BCUT2D eigenvalue weighted by atomic mass is 16.2. The van der Waals surface area contributed by atoms with Crippen molar-refractivity contribution in [2.45, 2.75) is 18.9 Å². The zero-order valence-corrected chi connectivity index (χ0v) is 18.4. The number of carbonyl (C=O) groups is 1. The first-order valence-electron chi connectivity index (χ1n) is 11.2. The molecule has 1 N–H and O–H groups in total. The third kappa shape index (κ3) is 3.76. The van der Waals surface area contributed by atoms with Gasteiger partial charge in [-0.3, -0.25) is 9.80 Å². The predicted molar refractivity (Wildman–Crippen MR) is 127 cm³/mol. The van der Waals surface area contributed by atoms with E-state index >= 15 is 0 Å². The first-order chi connectivity index (χ1) is 15.1. The summed E-state index contributed by atoms with van der Waals surface area (Å²) in [4.78, 5) is 25.1. The topological polar surface area (TPSA) is 45.8 Å². The molecule has 162 valence electrons. The number of rotatable bonds is 3. The quantitative estimate of drug-likeness (QED) is 0.705. The number of aromatic amines is 1. The lowest BCUT2D eigenvalue weighted by Crippen LogP contribution is -2.55. The molecule has 0 spiro atoms. The Morgan fingerprint density at radius 2 is 1.77 bits per heavy atom. The van der Waals surface area contributed by atoms with Crippen molar-refractivity contribution in [3.63, 3.8) is 0 Å². The second-order valence-electron chi connectivity index (χ2n) is 8.87. The normalized spacial score (nSPS) is 19.5. The van der Waals surface area contributed by atoms with Gasteiger partial charge in [-0.15, -0.1) is 0 Å². The van der Waals surface area contributed by atoms with Gasteiger partial charge in [-0.2, -0.15) is 0 Å². The van der Waals surface area contributed by atoms with Gasteiger partial charge in [0.25, 0.3) is 0 Å². The van der Waals surface area contributed by atoms with Crippen LogP contribution in [0.25, 0.3) is 10.9 Å². The summed E-state index contributed by atoms with van der Waals surface area (Å²) in [5.41, 5.74) is 4.86. The maximum Gasteiger partial charge on any atom is 0.324 e. The molecule has 2 aromatic carbocycles. The molecule has 0 radical (unpaired) electrons. The number of fused-ring (bicyclic) bond motifs is 2. The predicted octanol–water partition coefficient (Wildman–Crippen LogP) is 3.79. The highest BCUT2D eigenvalue weighted by Crippen LogP contribution is 2.32. The van der Waals surface area contributed by atoms with Gasteiger partial charge in [-0.05, 0) is 42.7 Å². The van der Waals surface area contributed by atoms with E-state index in [2.05, 4.69) is 57.2 Å². The largest absolute Gasteiger partial charge is 0.368 e. The average Bonchev–Trinajstić information content (AvgIpc) is 3.28. The number of aromatic nitrogens is 1. The van der Waals surface area contributed by atoms with E-state index < -0.39 is 0 Å². The number of nitrogens with zero attached hydrogens (tertiary/aromatic N) is 4. The fourth-order valence-corrected chi connectivity index (χ4v) is 5.07. The first kappa shape index (κ1) is 19.9. The van der Waals surface area contributed by atoms with Gasteiger partial charge in [0, 0.05) is 75.3 Å². The van der Waals surface area contributed by atoms with Crippen LogP contribution >= 0.6 is 0 Å². The summed E-state index contributed by atoms with van der Waals surface area (Å²) in [5.74, 6) is 0.